The number of hydrogen-bond acceptors (Lipinski definition) is 3. The Morgan fingerprint density at radius 1 is 1.32 bits per heavy atom. The molecule has 1 aromatic carbocycles. The highest BCUT2D eigenvalue weighted by Gasteiger charge is 2.43. The first-order valence-electron chi connectivity index (χ1n) is 7.53. The lowest BCUT2D eigenvalue weighted by atomic mass is 9.92. The maximum atomic E-state index is 13.1. The number of alkyl halides is 2. The molecule has 1 fully saturated rings. The number of hydrogen-bond donors (Lipinski definition) is 2. The number of carbonyl (C=O) groups excluding carboxylic acids is 2. The zero-order chi connectivity index (χ0) is 18.7. The number of carboxylic acids is 1. The van der Waals surface area contributed by atoms with Crippen molar-refractivity contribution in [1.29, 1.82) is 0 Å². The van der Waals surface area contributed by atoms with E-state index in [9.17, 15) is 27.6 Å². The summed E-state index contributed by atoms with van der Waals surface area (Å²) in [6.45, 7) is 0. The largest absolute Gasteiger partial charge is 0.480 e. The van der Waals surface area contributed by atoms with Crippen LogP contribution in [0.4, 0.5) is 13.2 Å². The third kappa shape index (κ3) is 4.28. The Hall–Kier alpha value is -2.58. The van der Waals surface area contributed by atoms with Crippen LogP contribution in [0.2, 0.25) is 0 Å². The molecule has 3 atom stereocenters. The number of benzene rings is 1. The van der Waals surface area contributed by atoms with Crippen LogP contribution >= 0.6 is 0 Å². The first-order chi connectivity index (χ1) is 11.7. The van der Waals surface area contributed by atoms with Crippen LogP contribution in [0.3, 0.4) is 0 Å². The lowest BCUT2D eigenvalue weighted by Gasteiger charge is -2.26. The third-order valence-corrected chi connectivity index (χ3v) is 4.16. The lowest BCUT2D eigenvalue weighted by molar-refractivity contribution is -0.143. The fraction of sp³-hybridized carbons (Fsp3) is 0.438. The molecule has 1 heterocycles. The van der Waals surface area contributed by atoms with Crippen LogP contribution in [0.1, 0.15) is 24.4 Å². The minimum atomic E-state index is -2.90. The molecule has 136 valence electrons. The van der Waals surface area contributed by atoms with Gasteiger partial charge in [0.25, 0.3) is 0 Å². The highest BCUT2D eigenvalue weighted by atomic mass is 19.3. The molecular formula is C16H17F3N2O4. The van der Waals surface area contributed by atoms with E-state index in [1.54, 1.807) is 0 Å². The van der Waals surface area contributed by atoms with Crippen molar-refractivity contribution in [1.82, 2.24) is 10.2 Å². The average molecular weight is 358 g/mol. The summed E-state index contributed by atoms with van der Waals surface area (Å²) in [5.74, 6) is -4.18. The van der Waals surface area contributed by atoms with Gasteiger partial charge in [0.05, 0.1) is 12.0 Å². The predicted molar refractivity (Wildman–Crippen MR) is 80.2 cm³/mol. The summed E-state index contributed by atoms with van der Waals surface area (Å²) in [4.78, 5) is 36.7. The molecular weight excluding hydrogens is 341 g/mol. The molecule has 2 N–H and O–H groups in total. The number of nitrogens with one attached hydrogen (secondary N) is 1. The maximum absolute atomic E-state index is 13.1. The average Bonchev–Trinajstić information content (AvgIpc) is 2.83. The van der Waals surface area contributed by atoms with E-state index >= 15 is 0 Å². The van der Waals surface area contributed by atoms with Crippen molar-refractivity contribution in [2.24, 2.45) is 5.92 Å². The van der Waals surface area contributed by atoms with Gasteiger partial charge in [-0.1, -0.05) is 12.1 Å². The van der Waals surface area contributed by atoms with Crippen LogP contribution in [0.15, 0.2) is 24.3 Å². The van der Waals surface area contributed by atoms with Crippen molar-refractivity contribution < 1.29 is 32.7 Å². The second kappa shape index (κ2) is 7.54. The summed E-state index contributed by atoms with van der Waals surface area (Å²) in [5.41, 5.74) is 0.496. The van der Waals surface area contributed by atoms with E-state index in [0.29, 0.717) is 5.56 Å². The van der Waals surface area contributed by atoms with E-state index < -0.39 is 48.5 Å². The highest BCUT2D eigenvalue weighted by Crippen LogP contribution is 2.37. The van der Waals surface area contributed by atoms with Crippen molar-refractivity contribution >= 4 is 17.8 Å². The third-order valence-electron chi connectivity index (χ3n) is 4.16. The summed E-state index contributed by atoms with van der Waals surface area (Å²) in [5, 5.41) is 11.0. The number of carbonyl (C=O) groups is 3. The molecule has 3 unspecified atom stereocenters. The van der Waals surface area contributed by atoms with Crippen LogP contribution in [0.5, 0.6) is 0 Å². The Labute approximate surface area is 141 Å². The topological polar surface area (TPSA) is 86.7 Å². The van der Waals surface area contributed by atoms with Crippen LogP contribution in [-0.2, 0) is 14.4 Å². The van der Waals surface area contributed by atoms with Crippen LogP contribution in [0.25, 0.3) is 0 Å². The minimum Gasteiger partial charge on any atom is -0.480 e. The van der Waals surface area contributed by atoms with Gasteiger partial charge in [-0.05, 0) is 17.7 Å². The summed E-state index contributed by atoms with van der Waals surface area (Å²) in [6.07, 6.45) is -4.12. The van der Waals surface area contributed by atoms with E-state index in [-0.39, 0.29) is 12.3 Å². The van der Waals surface area contributed by atoms with Gasteiger partial charge >= 0.3 is 5.97 Å². The van der Waals surface area contributed by atoms with Gasteiger partial charge in [0.2, 0.25) is 18.2 Å². The number of nitrogens with zero attached hydrogens (tertiary/aromatic N) is 1. The number of likely N-dealkylation sites (tertiary alicyclic amines) is 1. The fourth-order valence-corrected chi connectivity index (χ4v) is 2.90. The van der Waals surface area contributed by atoms with Crippen LogP contribution in [0, 0.1) is 11.7 Å². The van der Waals surface area contributed by atoms with Gasteiger partial charge in [0.1, 0.15) is 11.9 Å². The molecule has 0 aliphatic carbocycles. The van der Waals surface area contributed by atoms with Crippen molar-refractivity contribution in [2.45, 2.75) is 31.4 Å². The SMILES string of the molecule is CN1C(=O)CC(C(=O)NC(CC(F)F)C(=O)O)C1c1ccc(F)cc1. The monoisotopic (exact) mass is 358 g/mol. The van der Waals surface area contributed by atoms with Gasteiger partial charge in [-0.25, -0.2) is 18.0 Å². The molecule has 9 heteroatoms. The number of amides is 2. The molecule has 1 aliphatic rings. The standard InChI is InChI=1S/C16H17F3N2O4/c1-21-13(22)6-10(14(21)8-2-4-9(17)5-3-8)15(23)20-11(16(24)25)7-12(18)19/h2-5,10-12,14H,6-7H2,1H3,(H,20,23)(H,24,25). The molecule has 2 rings (SSSR count). The van der Waals surface area contributed by atoms with Crippen molar-refractivity contribution in [3.05, 3.63) is 35.6 Å². The molecule has 1 aliphatic heterocycles. The Morgan fingerprint density at radius 3 is 2.44 bits per heavy atom. The molecule has 0 aromatic heterocycles. The smallest absolute Gasteiger partial charge is 0.326 e. The normalized spacial score (nSPS) is 21.5. The fourth-order valence-electron chi connectivity index (χ4n) is 2.90. The summed E-state index contributed by atoms with van der Waals surface area (Å²) in [6, 6.07) is 2.72. The molecule has 0 saturated carbocycles. The molecule has 0 radical (unpaired) electrons. The van der Waals surface area contributed by atoms with Crippen molar-refractivity contribution in [2.75, 3.05) is 7.05 Å². The van der Waals surface area contributed by atoms with E-state index in [0.717, 1.165) is 0 Å². The quantitative estimate of drug-likeness (QED) is 0.808. The molecule has 1 aromatic rings. The Kier molecular flexibility index (Phi) is 5.66. The Morgan fingerprint density at radius 2 is 1.92 bits per heavy atom. The van der Waals surface area contributed by atoms with E-state index in [4.69, 9.17) is 5.11 Å². The zero-order valence-corrected chi connectivity index (χ0v) is 13.3. The van der Waals surface area contributed by atoms with Crippen molar-refractivity contribution in [3.63, 3.8) is 0 Å². The number of carboxylic acid groups (broad SMARTS) is 1. The first kappa shape index (κ1) is 18.8. The summed E-state index contributed by atoms with van der Waals surface area (Å²) < 4.78 is 38.0. The van der Waals surface area contributed by atoms with Gasteiger partial charge in [0, 0.05) is 19.9 Å². The zero-order valence-electron chi connectivity index (χ0n) is 13.3. The van der Waals surface area contributed by atoms with Crippen LogP contribution < -0.4 is 5.32 Å². The number of rotatable bonds is 6. The summed E-state index contributed by atoms with van der Waals surface area (Å²) in [7, 11) is 1.47. The molecule has 6 nitrogen and oxygen atoms in total. The molecule has 1 saturated heterocycles. The summed E-state index contributed by atoms with van der Waals surface area (Å²) >= 11 is 0. The van der Waals surface area contributed by atoms with E-state index in [2.05, 4.69) is 5.32 Å². The first-order valence-corrected chi connectivity index (χ1v) is 7.53. The second-order valence-corrected chi connectivity index (χ2v) is 5.84. The van der Waals surface area contributed by atoms with Gasteiger partial charge in [-0.2, -0.15) is 0 Å². The Bertz CT molecular complexity index is 666. The van der Waals surface area contributed by atoms with Gasteiger partial charge in [-0.15, -0.1) is 0 Å². The number of halogens is 3. The van der Waals surface area contributed by atoms with Gasteiger partial charge < -0.3 is 15.3 Å². The minimum absolute atomic E-state index is 0.189. The predicted octanol–water partition coefficient (Wildman–Crippen LogP) is 1.57. The van der Waals surface area contributed by atoms with E-state index in [1.807, 2.05) is 0 Å². The van der Waals surface area contributed by atoms with Crippen LogP contribution in [-0.4, -0.2) is 47.3 Å². The molecule has 25 heavy (non-hydrogen) atoms. The lowest BCUT2D eigenvalue weighted by Crippen LogP contribution is -2.45. The molecule has 0 spiro atoms. The Balaban J connectivity index is 2.22. The van der Waals surface area contributed by atoms with Gasteiger partial charge in [-0.3, -0.25) is 9.59 Å². The second-order valence-electron chi connectivity index (χ2n) is 5.84. The highest BCUT2D eigenvalue weighted by molar-refractivity contribution is 5.92. The number of aliphatic carboxylic acids is 1. The molecule has 2 amide bonds. The van der Waals surface area contributed by atoms with E-state index in [1.165, 1.54) is 36.2 Å². The van der Waals surface area contributed by atoms with Crippen molar-refractivity contribution in [3.8, 4) is 0 Å². The maximum Gasteiger partial charge on any atom is 0.326 e. The molecule has 0 bridgehead atoms. The van der Waals surface area contributed by atoms with Gasteiger partial charge in [0.15, 0.2) is 0 Å².